The van der Waals surface area contributed by atoms with Crippen LogP contribution in [-0.4, -0.2) is 44.4 Å². The van der Waals surface area contributed by atoms with Crippen LogP contribution in [0.25, 0.3) is 0 Å². The van der Waals surface area contributed by atoms with Gasteiger partial charge in [0.15, 0.2) is 5.15 Å². The van der Waals surface area contributed by atoms with E-state index in [2.05, 4.69) is 15.5 Å². The Kier molecular flexibility index (Phi) is 3.18. The number of hydrogen-bond donors (Lipinski definition) is 2. The van der Waals surface area contributed by atoms with E-state index in [0.29, 0.717) is 11.0 Å². The Morgan fingerprint density at radius 1 is 1.32 bits per heavy atom. The first-order valence-corrected chi connectivity index (χ1v) is 6.78. The van der Waals surface area contributed by atoms with Gasteiger partial charge in [0.1, 0.15) is 5.82 Å². The van der Waals surface area contributed by atoms with E-state index in [4.69, 9.17) is 11.6 Å². The first-order chi connectivity index (χ1) is 9.13. The molecule has 0 spiro atoms. The maximum Gasteiger partial charge on any atom is 0.407 e. The zero-order chi connectivity index (χ0) is 13.4. The maximum absolute atomic E-state index is 11.2. The third-order valence-electron chi connectivity index (χ3n) is 3.94. The number of aromatic nitrogens is 2. The highest BCUT2D eigenvalue weighted by Gasteiger charge is 2.43. The molecule has 2 fully saturated rings. The number of fused-ring (bicyclic) bond motifs is 2. The Bertz CT molecular complexity index is 467. The summed E-state index contributed by atoms with van der Waals surface area (Å²) in [5.74, 6) is 0.692. The van der Waals surface area contributed by atoms with Crippen LogP contribution in [0.3, 0.4) is 0 Å². The fraction of sp³-hybridized carbons (Fsp3) is 0.583. The molecule has 0 radical (unpaired) electrons. The number of amides is 1. The van der Waals surface area contributed by atoms with Gasteiger partial charge in [-0.1, -0.05) is 11.6 Å². The largest absolute Gasteiger partial charge is 0.465 e. The Hall–Kier alpha value is -1.56. The number of carboxylic acid groups (broad SMARTS) is 1. The first-order valence-electron chi connectivity index (χ1n) is 6.40. The van der Waals surface area contributed by atoms with Crippen molar-refractivity contribution in [1.29, 1.82) is 0 Å². The van der Waals surface area contributed by atoms with Crippen LogP contribution in [0.1, 0.15) is 25.7 Å². The Morgan fingerprint density at radius 2 is 2.00 bits per heavy atom. The van der Waals surface area contributed by atoms with Crippen LogP contribution in [0.2, 0.25) is 5.15 Å². The molecule has 1 aromatic rings. The second-order valence-corrected chi connectivity index (χ2v) is 5.52. The summed E-state index contributed by atoms with van der Waals surface area (Å²) in [6.45, 7) is 0. The lowest BCUT2D eigenvalue weighted by atomic mass is 9.98. The van der Waals surface area contributed by atoms with Gasteiger partial charge in [-0.15, -0.1) is 10.2 Å². The highest BCUT2D eigenvalue weighted by Crippen LogP contribution is 2.36. The van der Waals surface area contributed by atoms with Gasteiger partial charge in [0.05, 0.1) is 0 Å². The summed E-state index contributed by atoms with van der Waals surface area (Å²) >= 11 is 5.69. The molecule has 0 saturated carbocycles. The van der Waals surface area contributed by atoms with Crippen molar-refractivity contribution in [3.8, 4) is 0 Å². The van der Waals surface area contributed by atoms with Gasteiger partial charge in [-0.3, -0.25) is 0 Å². The summed E-state index contributed by atoms with van der Waals surface area (Å²) in [4.78, 5) is 12.8. The van der Waals surface area contributed by atoms with E-state index >= 15 is 0 Å². The van der Waals surface area contributed by atoms with Crippen molar-refractivity contribution in [1.82, 2.24) is 15.1 Å². The van der Waals surface area contributed by atoms with Crippen LogP contribution < -0.4 is 5.32 Å². The number of halogens is 1. The van der Waals surface area contributed by atoms with E-state index in [9.17, 15) is 9.90 Å². The minimum absolute atomic E-state index is 0.133. The molecule has 0 aromatic carbocycles. The number of rotatable bonds is 2. The molecule has 1 aromatic heterocycles. The fourth-order valence-electron chi connectivity index (χ4n) is 3.21. The molecule has 102 valence electrons. The van der Waals surface area contributed by atoms with Crippen LogP contribution in [-0.2, 0) is 0 Å². The fourth-order valence-corrected chi connectivity index (χ4v) is 3.31. The molecule has 7 heteroatoms. The van der Waals surface area contributed by atoms with Crippen LogP contribution in [0.4, 0.5) is 10.6 Å². The normalized spacial score (nSPS) is 29.3. The summed E-state index contributed by atoms with van der Waals surface area (Å²) in [6, 6.07) is 4.00. The first kappa shape index (κ1) is 12.5. The molecule has 1 unspecified atom stereocenters. The van der Waals surface area contributed by atoms with Crippen molar-refractivity contribution >= 4 is 23.5 Å². The SMILES string of the molecule is O=C(O)N1[C@@H]2CC[C@H]1CC(Nc1ccc(Cl)nn1)C2. The molecular weight excluding hydrogens is 268 g/mol. The summed E-state index contributed by atoms with van der Waals surface area (Å²) in [5.41, 5.74) is 0. The van der Waals surface area contributed by atoms with Crippen LogP contribution in [0.5, 0.6) is 0 Å². The lowest BCUT2D eigenvalue weighted by molar-refractivity contribution is 0.0993. The summed E-state index contributed by atoms with van der Waals surface area (Å²) < 4.78 is 0. The van der Waals surface area contributed by atoms with E-state index in [-0.39, 0.29) is 18.1 Å². The van der Waals surface area contributed by atoms with E-state index in [1.165, 1.54) is 0 Å². The Morgan fingerprint density at radius 3 is 2.53 bits per heavy atom. The average Bonchev–Trinajstić information content (AvgIpc) is 2.65. The smallest absolute Gasteiger partial charge is 0.407 e. The lowest BCUT2D eigenvalue weighted by Crippen LogP contribution is -2.49. The molecule has 2 aliphatic rings. The molecule has 6 nitrogen and oxygen atoms in total. The van der Waals surface area contributed by atoms with Crippen molar-refractivity contribution in [2.24, 2.45) is 0 Å². The number of hydrogen-bond acceptors (Lipinski definition) is 4. The third-order valence-corrected chi connectivity index (χ3v) is 4.14. The minimum Gasteiger partial charge on any atom is -0.465 e. The van der Waals surface area contributed by atoms with Crippen molar-refractivity contribution in [3.05, 3.63) is 17.3 Å². The number of nitrogens with zero attached hydrogens (tertiary/aromatic N) is 3. The zero-order valence-corrected chi connectivity index (χ0v) is 11.0. The molecule has 2 saturated heterocycles. The van der Waals surface area contributed by atoms with Crippen LogP contribution in [0.15, 0.2) is 12.1 Å². The maximum atomic E-state index is 11.2. The lowest BCUT2D eigenvalue weighted by Gasteiger charge is -2.37. The highest BCUT2D eigenvalue weighted by atomic mass is 35.5. The van der Waals surface area contributed by atoms with Crippen molar-refractivity contribution in [3.63, 3.8) is 0 Å². The van der Waals surface area contributed by atoms with Gasteiger partial charge in [0, 0.05) is 18.1 Å². The Balaban J connectivity index is 1.66. The average molecular weight is 283 g/mol. The van der Waals surface area contributed by atoms with Gasteiger partial charge in [-0.25, -0.2) is 4.79 Å². The van der Waals surface area contributed by atoms with Gasteiger partial charge in [-0.2, -0.15) is 0 Å². The van der Waals surface area contributed by atoms with Crippen LogP contribution in [0, 0.1) is 0 Å². The number of carbonyl (C=O) groups is 1. The molecular formula is C12H15ClN4O2. The molecule has 19 heavy (non-hydrogen) atoms. The zero-order valence-electron chi connectivity index (χ0n) is 10.3. The highest BCUT2D eigenvalue weighted by molar-refractivity contribution is 6.29. The van der Waals surface area contributed by atoms with E-state index < -0.39 is 6.09 Å². The molecule has 3 atom stereocenters. The van der Waals surface area contributed by atoms with Crippen molar-refractivity contribution < 1.29 is 9.90 Å². The molecule has 2 bridgehead atoms. The predicted molar refractivity (Wildman–Crippen MR) is 70.4 cm³/mol. The quantitative estimate of drug-likeness (QED) is 0.869. The monoisotopic (exact) mass is 282 g/mol. The van der Waals surface area contributed by atoms with E-state index in [1.807, 2.05) is 0 Å². The van der Waals surface area contributed by atoms with Gasteiger partial charge in [-0.05, 0) is 37.8 Å². The molecule has 2 N–H and O–H groups in total. The second kappa shape index (κ2) is 4.85. The number of nitrogens with one attached hydrogen (secondary N) is 1. The van der Waals surface area contributed by atoms with E-state index in [1.54, 1.807) is 17.0 Å². The van der Waals surface area contributed by atoms with E-state index in [0.717, 1.165) is 25.7 Å². The van der Waals surface area contributed by atoms with Crippen molar-refractivity contribution in [2.75, 3.05) is 5.32 Å². The summed E-state index contributed by atoms with van der Waals surface area (Å²) in [5, 5.41) is 20.6. The summed E-state index contributed by atoms with van der Waals surface area (Å²) in [6.07, 6.45) is 2.78. The minimum atomic E-state index is -0.794. The van der Waals surface area contributed by atoms with Crippen molar-refractivity contribution in [2.45, 2.75) is 43.8 Å². The van der Waals surface area contributed by atoms with Gasteiger partial charge in [0.2, 0.25) is 0 Å². The van der Waals surface area contributed by atoms with Gasteiger partial charge >= 0.3 is 6.09 Å². The summed E-state index contributed by atoms with van der Waals surface area (Å²) in [7, 11) is 0. The molecule has 2 aliphatic heterocycles. The topological polar surface area (TPSA) is 78.4 Å². The standard InChI is InChI=1S/C12H15ClN4O2/c13-10-3-4-11(16-15-10)14-7-5-8-1-2-9(6-7)17(8)12(18)19/h3-4,7-9H,1-2,5-6H2,(H,14,16)(H,18,19)/t7?,8-,9+. The molecule has 3 rings (SSSR count). The predicted octanol–water partition coefficient (Wildman–Crippen LogP) is 2.22. The van der Waals surface area contributed by atoms with Crippen LogP contribution >= 0.6 is 11.6 Å². The van der Waals surface area contributed by atoms with Gasteiger partial charge < -0.3 is 15.3 Å². The van der Waals surface area contributed by atoms with Gasteiger partial charge in [0.25, 0.3) is 0 Å². The number of anilines is 1. The second-order valence-electron chi connectivity index (χ2n) is 5.13. The third kappa shape index (κ3) is 2.45. The Labute approximate surface area is 115 Å². The molecule has 3 heterocycles. The number of piperidine rings is 1. The molecule has 1 amide bonds. The molecule has 0 aliphatic carbocycles.